The van der Waals surface area contributed by atoms with Crippen molar-refractivity contribution in [2.75, 3.05) is 13.2 Å². The third-order valence-electron chi connectivity index (χ3n) is 3.52. The van der Waals surface area contributed by atoms with Crippen LogP contribution in [0.25, 0.3) is 0 Å². The Kier molecular flexibility index (Phi) is 4.57. The van der Waals surface area contributed by atoms with E-state index >= 15 is 0 Å². The molecule has 2 rings (SSSR count). The summed E-state index contributed by atoms with van der Waals surface area (Å²) in [5.41, 5.74) is -1.09. The fourth-order valence-corrected chi connectivity index (χ4v) is 4.60. The van der Waals surface area contributed by atoms with Crippen LogP contribution >= 0.6 is 11.6 Å². The van der Waals surface area contributed by atoms with Crippen molar-refractivity contribution in [1.29, 1.82) is 0 Å². The summed E-state index contributed by atoms with van der Waals surface area (Å²) in [5, 5.41) is 9.49. The number of nitrogens with one attached hydrogen (secondary N) is 1. The second-order valence-electron chi connectivity index (χ2n) is 4.99. The van der Waals surface area contributed by atoms with Gasteiger partial charge in [-0.15, -0.1) is 0 Å². The lowest BCUT2D eigenvalue weighted by Gasteiger charge is -2.33. The maximum atomic E-state index is 12.6. The maximum Gasteiger partial charge on any atom is 0.325 e. The lowest BCUT2D eigenvalue weighted by atomic mass is 9.92. The number of carbonyl (C=O) groups is 1. The number of sulfonamides is 1. The van der Waals surface area contributed by atoms with Gasteiger partial charge < -0.3 is 9.84 Å². The van der Waals surface area contributed by atoms with Crippen LogP contribution in [0.15, 0.2) is 23.1 Å². The maximum absolute atomic E-state index is 12.6. The van der Waals surface area contributed by atoms with Crippen molar-refractivity contribution < 1.29 is 23.1 Å². The van der Waals surface area contributed by atoms with Crippen LogP contribution in [0, 0.1) is 6.92 Å². The molecule has 1 aromatic rings. The number of hydrogen-bond acceptors (Lipinski definition) is 4. The van der Waals surface area contributed by atoms with E-state index in [1.807, 2.05) is 0 Å². The lowest BCUT2D eigenvalue weighted by Crippen LogP contribution is -2.57. The first-order valence-electron chi connectivity index (χ1n) is 6.39. The van der Waals surface area contributed by atoms with Crippen molar-refractivity contribution >= 4 is 27.6 Å². The number of ether oxygens (including phenoxy) is 1. The Morgan fingerprint density at radius 1 is 1.38 bits per heavy atom. The van der Waals surface area contributed by atoms with Gasteiger partial charge in [-0.1, -0.05) is 23.7 Å². The van der Waals surface area contributed by atoms with Gasteiger partial charge >= 0.3 is 5.97 Å². The van der Waals surface area contributed by atoms with Crippen molar-refractivity contribution in [1.82, 2.24) is 4.72 Å². The monoisotopic (exact) mass is 333 g/mol. The van der Waals surface area contributed by atoms with Crippen molar-refractivity contribution in [3.05, 3.63) is 28.8 Å². The normalized spacial score (nSPS) is 18.4. The van der Waals surface area contributed by atoms with Gasteiger partial charge in [0.2, 0.25) is 10.0 Å². The molecule has 1 saturated heterocycles. The van der Waals surface area contributed by atoms with Gasteiger partial charge in [-0.2, -0.15) is 4.72 Å². The molecule has 1 fully saturated rings. The summed E-state index contributed by atoms with van der Waals surface area (Å²) in [6, 6.07) is 4.70. The van der Waals surface area contributed by atoms with Crippen molar-refractivity contribution in [3.63, 3.8) is 0 Å². The molecular formula is C13H16ClNO5S. The third-order valence-corrected chi connectivity index (χ3v) is 5.68. The highest BCUT2D eigenvalue weighted by molar-refractivity contribution is 7.89. The number of aryl methyl sites for hydroxylation is 1. The number of carboxylic acids is 1. The molecule has 8 heteroatoms. The van der Waals surface area contributed by atoms with E-state index in [-0.39, 0.29) is 36.0 Å². The zero-order chi connectivity index (χ0) is 15.7. The third kappa shape index (κ3) is 3.21. The van der Waals surface area contributed by atoms with E-state index in [9.17, 15) is 18.3 Å². The Labute approximate surface area is 128 Å². The second-order valence-corrected chi connectivity index (χ2v) is 7.02. The van der Waals surface area contributed by atoms with E-state index in [0.29, 0.717) is 5.56 Å². The van der Waals surface area contributed by atoms with Crippen molar-refractivity contribution in [3.8, 4) is 0 Å². The summed E-state index contributed by atoms with van der Waals surface area (Å²) in [4.78, 5) is 11.5. The Bertz CT molecular complexity index is 632. The first kappa shape index (κ1) is 16.2. The van der Waals surface area contributed by atoms with Crippen LogP contribution in [0.3, 0.4) is 0 Å². The van der Waals surface area contributed by atoms with Crippen LogP contribution < -0.4 is 4.72 Å². The van der Waals surface area contributed by atoms with E-state index in [4.69, 9.17) is 16.3 Å². The van der Waals surface area contributed by atoms with E-state index in [0.717, 1.165) is 0 Å². The molecule has 1 aromatic carbocycles. The summed E-state index contributed by atoms with van der Waals surface area (Å²) < 4.78 is 32.5. The number of hydrogen-bond donors (Lipinski definition) is 2. The zero-order valence-electron chi connectivity index (χ0n) is 11.4. The molecule has 0 spiro atoms. The molecule has 0 unspecified atom stereocenters. The van der Waals surface area contributed by atoms with E-state index in [1.165, 1.54) is 6.07 Å². The number of benzene rings is 1. The van der Waals surface area contributed by atoms with Gasteiger partial charge in [-0.05, 0) is 18.6 Å². The molecule has 0 atom stereocenters. The van der Waals surface area contributed by atoms with Crippen LogP contribution in [0.1, 0.15) is 18.4 Å². The molecule has 1 aliphatic heterocycles. The van der Waals surface area contributed by atoms with Gasteiger partial charge in [-0.3, -0.25) is 4.79 Å². The quantitative estimate of drug-likeness (QED) is 0.872. The van der Waals surface area contributed by atoms with Gasteiger partial charge in [0.05, 0.1) is 5.02 Å². The number of halogens is 1. The first-order chi connectivity index (χ1) is 9.78. The Hall–Kier alpha value is -1.15. The Balaban J connectivity index is 2.42. The van der Waals surface area contributed by atoms with Crippen LogP contribution in [-0.2, 0) is 19.6 Å². The average Bonchev–Trinajstić information content (AvgIpc) is 2.38. The second kappa shape index (κ2) is 5.92. The van der Waals surface area contributed by atoms with Gasteiger partial charge in [0.1, 0.15) is 10.4 Å². The summed E-state index contributed by atoms with van der Waals surface area (Å²) in [7, 11) is -4.04. The van der Waals surface area contributed by atoms with E-state index in [2.05, 4.69) is 4.72 Å². The molecule has 2 N–H and O–H groups in total. The molecule has 0 saturated carbocycles. The van der Waals surface area contributed by atoms with E-state index < -0.39 is 21.5 Å². The highest BCUT2D eigenvalue weighted by Crippen LogP contribution is 2.29. The Morgan fingerprint density at radius 3 is 2.52 bits per heavy atom. The Morgan fingerprint density at radius 2 is 2.00 bits per heavy atom. The summed E-state index contributed by atoms with van der Waals surface area (Å²) in [6.45, 7) is 1.99. The summed E-state index contributed by atoms with van der Waals surface area (Å²) in [5.74, 6) is -1.21. The number of carboxylic acid groups (broad SMARTS) is 1. The molecule has 116 valence electrons. The lowest BCUT2D eigenvalue weighted by molar-refractivity contribution is -0.147. The van der Waals surface area contributed by atoms with Gasteiger partial charge in [0.15, 0.2) is 0 Å². The molecule has 21 heavy (non-hydrogen) atoms. The number of rotatable bonds is 4. The molecule has 0 amide bonds. The predicted molar refractivity (Wildman–Crippen MR) is 76.9 cm³/mol. The molecule has 0 aromatic heterocycles. The van der Waals surface area contributed by atoms with Crippen LogP contribution in [0.2, 0.25) is 5.02 Å². The van der Waals surface area contributed by atoms with Gasteiger partial charge in [-0.25, -0.2) is 8.42 Å². The largest absolute Gasteiger partial charge is 0.480 e. The van der Waals surface area contributed by atoms with Gasteiger partial charge in [0.25, 0.3) is 0 Å². The average molecular weight is 334 g/mol. The van der Waals surface area contributed by atoms with Crippen molar-refractivity contribution in [2.24, 2.45) is 0 Å². The molecular weight excluding hydrogens is 318 g/mol. The molecule has 6 nitrogen and oxygen atoms in total. The fraction of sp³-hybridized carbons (Fsp3) is 0.462. The molecule has 0 radical (unpaired) electrons. The molecule has 0 bridgehead atoms. The van der Waals surface area contributed by atoms with Crippen molar-refractivity contribution in [2.45, 2.75) is 30.2 Å². The molecule has 1 aliphatic rings. The SMILES string of the molecule is Cc1cccc(Cl)c1S(=O)(=O)NC1(C(=O)O)CCOCC1. The summed E-state index contributed by atoms with van der Waals surface area (Å²) in [6.07, 6.45) is 0.149. The predicted octanol–water partition coefficient (Wildman–Crippen LogP) is 1.56. The first-order valence-corrected chi connectivity index (χ1v) is 8.25. The smallest absolute Gasteiger partial charge is 0.325 e. The highest BCUT2D eigenvalue weighted by Gasteiger charge is 2.44. The topological polar surface area (TPSA) is 92.7 Å². The minimum atomic E-state index is -4.04. The summed E-state index contributed by atoms with van der Waals surface area (Å²) >= 11 is 5.97. The molecule has 0 aliphatic carbocycles. The number of aliphatic carboxylic acids is 1. The fourth-order valence-electron chi connectivity index (χ4n) is 2.34. The molecule has 1 heterocycles. The highest BCUT2D eigenvalue weighted by atomic mass is 35.5. The standard InChI is InChI=1S/C13H16ClNO5S/c1-9-3-2-4-10(14)11(9)21(18,19)15-13(12(16)17)5-7-20-8-6-13/h2-4,15H,5-8H2,1H3,(H,16,17). The zero-order valence-corrected chi connectivity index (χ0v) is 13.0. The van der Waals surface area contributed by atoms with Crippen LogP contribution in [-0.4, -0.2) is 38.2 Å². The van der Waals surface area contributed by atoms with E-state index in [1.54, 1.807) is 19.1 Å². The minimum absolute atomic E-state index is 0.0649. The van der Waals surface area contributed by atoms with Crippen LogP contribution in [0.5, 0.6) is 0 Å². The van der Waals surface area contributed by atoms with Gasteiger partial charge in [0, 0.05) is 26.1 Å². The van der Waals surface area contributed by atoms with Crippen LogP contribution in [0.4, 0.5) is 0 Å². The minimum Gasteiger partial charge on any atom is -0.480 e.